The van der Waals surface area contributed by atoms with Gasteiger partial charge in [0, 0.05) is 26.7 Å². The Labute approximate surface area is 186 Å². The largest absolute Gasteiger partial charge is 0.493 e. The second kappa shape index (κ2) is 8.64. The molecular weight excluding hydrogens is 432 g/mol. The maximum absolute atomic E-state index is 13.4. The molecule has 1 aliphatic rings. The summed E-state index contributed by atoms with van der Waals surface area (Å²) in [5, 5.41) is 4.27. The van der Waals surface area contributed by atoms with Crippen molar-refractivity contribution in [2.45, 2.75) is 25.2 Å². The monoisotopic (exact) mass is 460 g/mol. The van der Waals surface area contributed by atoms with Crippen molar-refractivity contribution in [3.8, 4) is 17.1 Å². The summed E-state index contributed by atoms with van der Waals surface area (Å²) in [7, 11) is -0.0391. The molecule has 1 aliphatic heterocycles. The number of hydrogen-bond donors (Lipinski definition) is 1. The Kier molecular flexibility index (Phi) is 6.06. The van der Waals surface area contributed by atoms with Crippen LogP contribution in [-0.4, -0.2) is 77.2 Å². The van der Waals surface area contributed by atoms with Crippen LogP contribution in [0.2, 0.25) is 0 Å². The molecule has 1 fully saturated rings. The van der Waals surface area contributed by atoms with Gasteiger partial charge in [-0.05, 0) is 52.1 Å². The van der Waals surface area contributed by atoms with Crippen molar-refractivity contribution in [1.82, 2.24) is 29.0 Å². The normalized spacial score (nSPS) is 16.4. The smallest absolute Gasteiger partial charge is 0.277 e. The maximum Gasteiger partial charge on any atom is 0.277 e. The minimum Gasteiger partial charge on any atom is -0.493 e. The van der Waals surface area contributed by atoms with Gasteiger partial charge in [-0.1, -0.05) is 0 Å². The Morgan fingerprint density at radius 3 is 2.69 bits per heavy atom. The van der Waals surface area contributed by atoms with Crippen LogP contribution >= 0.6 is 0 Å². The summed E-state index contributed by atoms with van der Waals surface area (Å²) in [6.07, 6.45) is 0.769. The second-order valence-corrected chi connectivity index (χ2v) is 9.91. The zero-order valence-corrected chi connectivity index (χ0v) is 19.6. The summed E-state index contributed by atoms with van der Waals surface area (Å²) in [4.78, 5) is 22.4. The van der Waals surface area contributed by atoms with Gasteiger partial charge in [0.25, 0.3) is 5.56 Å². The Morgan fingerprint density at radius 1 is 1.16 bits per heavy atom. The van der Waals surface area contributed by atoms with Gasteiger partial charge in [-0.15, -0.1) is 0 Å². The first-order valence-corrected chi connectivity index (χ1v) is 12.1. The van der Waals surface area contributed by atoms with Crippen LogP contribution in [0.5, 0.6) is 5.75 Å². The summed E-state index contributed by atoms with van der Waals surface area (Å²) < 4.78 is 35.5. The summed E-state index contributed by atoms with van der Waals surface area (Å²) in [5.74, 6) is 0.695. The van der Waals surface area contributed by atoms with Crippen molar-refractivity contribution >= 4 is 21.1 Å². The molecule has 32 heavy (non-hydrogen) atoms. The molecule has 0 saturated carbocycles. The van der Waals surface area contributed by atoms with E-state index in [1.165, 1.54) is 15.1 Å². The molecule has 0 aliphatic carbocycles. The highest BCUT2D eigenvalue weighted by molar-refractivity contribution is 7.89. The Hall–Kier alpha value is -2.76. The van der Waals surface area contributed by atoms with Gasteiger partial charge in [0.05, 0.1) is 22.8 Å². The van der Waals surface area contributed by atoms with E-state index in [-0.39, 0.29) is 16.3 Å². The molecule has 1 N–H and O–H groups in total. The van der Waals surface area contributed by atoms with E-state index in [4.69, 9.17) is 4.74 Å². The Morgan fingerprint density at radius 2 is 1.94 bits per heavy atom. The van der Waals surface area contributed by atoms with Gasteiger partial charge in [0.1, 0.15) is 17.1 Å². The van der Waals surface area contributed by atoms with Crippen molar-refractivity contribution in [2.75, 3.05) is 39.8 Å². The third kappa shape index (κ3) is 4.03. The lowest BCUT2D eigenvalue weighted by Crippen LogP contribution is -2.34. The molecule has 1 aromatic carbocycles. The van der Waals surface area contributed by atoms with Crippen molar-refractivity contribution < 1.29 is 13.2 Å². The maximum atomic E-state index is 13.4. The summed E-state index contributed by atoms with van der Waals surface area (Å²) in [6.45, 7) is 6.43. The fraction of sp³-hybridized carbons (Fsp3) is 0.476. The van der Waals surface area contributed by atoms with Crippen molar-refractivity contribution in [2.24, 2.45) is 7.05 Å². The number of sulfonamides is 1. The number of hydrogen-bond acceptors (Lipinski definition) is 7. The molecule has 3 aromatic rings. The number of nitrogens with zero attached hydrogens (tertiary/aromatic N) is 5. The molecule has 0 spiro atoms. The molecule has 0 atom stereocenters. The van der Waals surface area contributed by atoms with Gasteiger partial charge in [-0.25, -0.2) is 13.4 Å². The van der Waals surface area contributed by atoms with E-state index in [1.54, 1.807) is 26.1 Å². The van der Waals surface area contributed by atoms with Crippen LogP contribution in [0.4, 0.5) is 0 Å². The van der Waals surface area contributed by atoms with Crippen LogP contribution in [0.25, 0.3) is 22.4 Å². The van der Waals surface area contributed by atoms with E-state index in [2.05, 4.69) is 20.0 Å². The van der Waals surface area contributed by atoms with E-state index in [0.717, 1.165) is 13.0 Å². The van der Waals surface area contributed by atoms with Gasteiger partial charge in [-0.2, -0.15) is 9.40 Å². The van der Waals surface area contributed by atoms with E-state index < -0.39 is 10.0 Å². The Balaban J connectivity index is 1.84. The van der Waals surface area contributed by atoms with Gasteiger partial charge < -0.3 is 14.6 Å². The van der Waals surface area contributed by atoms with Gasteiger partial charge in [0.2, 0.25) is 10.0 Å². The number of rotatable bonds is 5. The lowest BCUT2D eigenvalue weighted by atomic mass is 10.2. The predicted molar refractivity (Wildman–Crippen MR) is 121 cm³/mol. The number of likely N-dealkylation sites (N-methyl/N-ethyl adjacent to an activating group) is 1. The summed E-state index contributed by atoms with van der Waals surface area (Å²) >= 11 is 0. The van der Waals surface area contributed by atoms with E-state index in [0.29, 0.717) is 54.3 Å². The molecule has 0 radical (unpaired) electrons. The van der Waals surface area contributed by atoms with Crippen LogP contribution in [0.1, 0.15) is 19.0 Å². The first-order valence-electron chi connectivity index (χ1n) is 10.6. The van der Waals surface area contributed by atoms with E-state index >= 15 is 0 Å². The van der Waals surface area contributed by atoms with Crippen LogP contribution in [0.15, 0.2) is 27.9 Å². The van der Waals surface area contributed by atoms with Crippen LogP contribution in [0.3, 0.4) is 0 Å². The number of aromatic nitrogens is 4. The predicted octanol–water partition coefficient (Wildman–Crippen LogP) is 1.36. The molecule has 3 heterocycles. The van der Waals surface area contributed by atoms with E-state index in [9.17, 15) is 13.2 Å². The number of ether oxygens (including phenoxy) is 1. The number of H-pyrrole nitrogens is 1. The highest BCUT2D eigenvalue weighted by atomic mass is 32.2. The van der Waals surface area contributed by atoms with Crippen LogP contribution < -0.4 is 10.3 Å². The molecule has 0 unspecified atom stereocenters. The third-order valence-corrected chi connectivity index (χ3v) is 7.58. The fourth-order valence-electron chi connectivity index (χ4n) is 4.02. The molecule has 2 aromatic heterocycles. The van der Waals surface area contributed by atoms with E-state index in [1.807, 2.05) is 14.0 Å². The van der Waals surface area contributed by atoms with Crippen LogP contribution in [-0.2, 0) is 17.1 Å². The third-order valence-electron chi connectivity index (χ3n) is 5.68. The lowest BCUT2D eigenvalue weighted by Gasteiger charge is -2.21. The highest BCUT2D eigenvalue weighted by Crippen LogP contribution is 2.32. The average Bonchev–Trinajstić information content (AvgIpc) is 2.89. The number of aryl methyl sites for hydroxylation is 2. The van der Waals surface area contributed by atoms with Gasteiger partial charge in [0.15, 0.2) is 5.52 Å². The number of nitrogens with one attached hydrogen (secondary N) is 1. The summed E-state index contributed by atoms with van der Waals surface area (Å²) in [6, 6.07) is 4.70. The Bertz CT molecular complexity index is 1310. The summed E-state index contributed by atoms with van der Waals surface area (Å²) in [5.41, 5.74) is 1.52. The highest BCUT2D eigenvalue weighted by Gasteiger charge is 2.28. The topological polar surface area (TPSA) is 113 Å². The molecule has 10 nitrogen and oxygen atoms in total. The van der Waals surface area contributed by atoms with Gasteiger partial charge >= 0.3 is 0 Å². The first kappa shape index (κ1) is 22.4. The van der Waals surface area contributed by atoms with Crippen molar-refractivity contribution in [3.05, 3.63) is 34.2 Å². The molecule has 0 amide bonds. The molecular formula is C21H28N6O4S. The zero-order valence-electron chi connectivity index (χ0n) is 18.8. The second-order valence-electron chi connectivity index (χ2n) is 7.97. The minimum atomic E-state index is -3.71. The first-order chi connectivity index (χ1) is 15.2. The molecule has 1 saturated heterocycles. The number of benzene rings is 1. The zero-order chi connectivity index (χ0) is 23.0. The van der Waals surface area contributed by atoms with Crippen molar-refractivity contribution in [3.63, 3.8) is 0 Å². The van der Waals surface area contributed by atoms with Crippen molar-refractivity contribution in [1.29, 1.82) is 0 Å². The molecule has 172 valence electrons. The lowest BCUT2D eigenvalue weighted by molar-refractivity contribution is 0.341. The minimum absolute atomic E-state index is 0.145. The van der Waals surface area contributed by atoms with Crippen LogP contribution in [0, 0.1) is 6.92 Å². The number of fused-ring (bicyclic) bond motifs is 1. The quantitative estimate of drug-likeness (QED) is 0.611. The SMILES string of the molecule is CCOc1ccc(S(=O)(=O)N2CCCN(C)CC2)cc1-c1nc2c(C)nn(C)c2c(=O)[nH]1. The molecule has 4 rings (SSSR count). The average molecular weight is 461 g/mol. The number of aromatic amines is 1. The molecule has 0 bridgehead atoms. The fourth-order valence-corrected chi connectivity index (χ4v) is 5.51. The van der Waals surface area contributed by atoms with Gasteiger partial charge in [-0.3, -0.25) is 9.48 Å². The standard InChI is InChI=1S/C21H28N6O4S/c1-5-31-17-8-7-15(32(29,30)27-10-6-9-25(3)11-12-27)13-16(17)20-22-18-14(2)24-26(4)19(18)21(28)23-20/h7-8,13H,5-6,9-12H2,1-4H3,(H,22,23,28). The molecule has 11 heteroatoms.